The van der Waals surface area contributed by atoms with Crippen molar-refractivity contribution in [2.75, 3.05) is 6.61 Å². The smallest absolute Gasteiger partial charge is 0.130 e. The van der Waals surface area contributed by atoms with Gasteiger partial charge >= 0.3 is 0 Å². The molecule has 0 unspecified atom stereocenters. The van der Waals surface area contributed by atoms with E-state index in [2.05, 4.69) is 38.2 Å². The maximum Gasteiger partial charge on any atom is 0.130 e. The van der Waals surface area contributed by atoms with Gasteiger partial charge in [-0.3, -0.25) is 4.98 Å². The summed E-state index contributed by atoms with van der Waals surface area (Å²) in [5, 5.41) is 4.50. The Balaban J connectivity index is 2.26. The SMILES string of the molecule is CCCCOc1cc(CNC(C)C)nc2ccccc12. The van der Waals surface area contributed by atoms with Gasteiger partial charge in [0.05, 0.1) is 17.8 Å². The fourth-order valence-corrected chi connectivity index (χ4v) is 2.04. The Labute approximate surface area is 121 Å². The van der Waals surface area contributed by atoms with E-state index in [4.69, 9.17) is 9.72 Å². The summed E-state index contributed by atoms with van der Waals surface area (Å²) in [6.07, 6.45) is 2.22. The van der Waals surface area contributed by atoms with E-state index in [9.17, 15) is 0 Å². The van der Waals surface area contributed by atoms with Crippen LogP contribution in [0.15, 0.2) is 30.3 Å². The van der Waals surface area contributed by atoms with Gasteiger partial charge in [0.15, 0.2) is 0 Å². The van der Waals surface area contributed by atoms with Crippen molar-refractivity contribution in [3.63, 3.8) is 0 Å². The van der Waals surface area contributed by atoms with Crippen molar-refractivity contribution in [2.45, 2.75) is 46.2 Å². The summed E-state index contributed by atoms with van der Waals surface area (Å²) < 4.78 is 5.94. The lowest BCUT2D eigenvalue weighted by molar-refractivity contribution is 0.312. The summed E-state index contributed by atoms with van der Waals surface area (Å²) in [6, 6.07) is 10.7. The molecule has 2 rings (SSSR count). The van der Waals surface area contributed by atoms with Crippen LogP contribution in [0.1, 0.15) is 39.3 Å². The summed E-state index contributed by atoms with van der Waals surface area (Å²) in [4.78, 5) is 4.69. The molecule has 3 heteroatoms. The number of fused-ring (bicyclic) bond motifs is 1. The third-order valence-electron chi connectivity index (χ3n) is 3.18. The van der Waals surface area contributed by atoms with Crippen LogP contribution in [0.5, 0.6) is 5.75 Å². The maximum absolute atomic E-state index is 5.94. The average Bonchev–Trinajstić information content (AvgIpc) is 2.45. The standard InChI is InChI=1S/C17H24N2O/c1-4-5-10-20-17-11-14(12-18-13(2)3)19-16-9-7-6-8-15(16)17/h6-9,11,13,18H,4-5,10,12H2,1-3H3. The minimum Gasteiger partial charge on any atom is -0.493 e. The van der Waals surface area contributed by atoms with Crippen molar-refractivity contribution in [1.82, 2.24) is 10.3 Å². The molecule has 0 bridgehead atoms. The zero-order valence-electron chi connectivity index (χ0n) is 12.6. The highest BCUT2D eigenvalue weighted by atomic mass is 16.5. The quantitative estimate of drug-likeness (QED) is 0.776. The lowest BCUT2D eigenvalue weighted by Gasteiger charge is -2.12. The van der Waals surface area contributed by atoms with Crippen molar-refractivity contribution in [3.05, 3.63) is 36.0 Å². The molecular weight excluding hydrogens is 248 g/mol. The Morgan fingerprint density at radius 2 is 2.05 bits per heavy atom. The van der Waals surface area contributed by atoms with Crippen LogP contribution in [0.2, 0.25) is 0 Å². The van der Waals surface area contributed by atoms with E-state index >= 15 is 0 Å². The minimum atomic E-state index is 0.452. The third-order valence-corrected chi connectivity index (χ3v) is 3.18. The average molecular weight is 272 g/mol. The zero-order chi connectivity index (χ0) is 14.4. The number of hydrogen-bond acceptors (Lipinski definition) is 3. The molecule has 0 amide bonds. The minimum absolute atomic E-state index is 0.452. The van der Waals surface area contributed by atoms with Crippen molar-refractivity contribution < 1.29 is 4.74 Å². The number of hydrogen-bond donors (Lipinski definition) is 1. The Hall–Kier alpha value is -1.61. The molecule has 0 aliphatic heterocycles. The molecule has 0 fully saturated rings. The van der Waals surface area contributed by atoms with Gasteiger partial charge in [0.25, 0.3) is 0 Å². The van der Waals surface area contributed by atoms with E-state index in [1.165, 1.54) is 0 Å². The van der Waals surface area contributed by atoms with Crippen molar-refractivity contribution in [3.8, 4) is 5.75 Å². The Morgan fingerprint density at radius 1 is 1.25 bits per heavy atom. The topological polar surface area (TPSA) is 34.1 Å². The van der Waals surface area contributed by atoms with Gasteiger partial charge in [0.1, 0.15) is 5.75 Å². The number of aromatic nitrogens is 1. The van der Waals surface area contributed by atoms with E-state index in [-0.39, 0.29) is 0 Å². The number of pyridine rings is 1. The lowest BCUT2D eigenvalue weighted by atomic mass is 10.1. The number of nitrogens with one attached hydrogen (secondary N) is 1. The summed E-state index contributed by atoms with van der Waals surface area (Å²) in [5.41, 5.74) is 2.03. The van der Waals surface area contributed by atoms with Crippen LogP contribution in [0.25, 0.3) is 10.9 Å². The molecular formula is C17H24N2O. The summed E-state index contributed by atoms with van der Waals surface area (Å²) >= 11 is 0. The van der Waals surface area contributed by atoms with Gasteiger partial charge in [-0.05, 0) is 18.6 Å². The normalized spacial score (nSPS) is 11.2. The molecule has 0 aliphatic rings. The maximum atomic E-state index is 5.94. The molecule has 0 atom stereocenters. The van der Waals surface area contributed by atoms with Gasteiger partial charge in [0.2, 0.25) is 0 Å². The third kappa shape index (κ3) is 3.94. The van der Waals surface area contributed by atoms with Crippen LogP contribution in [-0.4, -0.2) is 17.6 Å². The largest absolute Gasteiger partial charge is 0.493 e. The molecule has 1 N–H and O–H groups in total. The van der Waals surface area contributed by atoms with E-state index in [0.29, 0.717) is 6.04 Å². The predicted octanol–water partition coefficient (Wildman–Crippen LogP) is 3.91. The number of nitrogens with zero attached hydrogens (tertiary/aromatic N) is 1. The van der Waals surface area contributed by atoms with Crippen LogP contribution in [0.4, 0.5) is 0 Å². The highest BCUT2D eigenvalue weighted by Gasteiger charge is 2.07. The second-order valence-electron chi connectivity index (χ2n) is 5.37. The molecule has 1 aromatic heterocycles. The Kier molecular flexibility index (Phi) is 5.36. The molecule has 0 saturated carbocycles. The summed E-state index contributed by atoms with van der Waals surface area (Å²) in [6.45, 7) is 7.99. The van der Waals surface area contributed by atoms with Crippen molar-refractivity contribution in [2.24, 2.45) is 0 Å². The molecule has 2 aromatic rings. The van der Waals surface area contributed by atoms with Crippen LogP contribution >= 0.6 is 0 Å². The molecule has 108 valence electrons. The molecule has 1 aromatic carbocycles. The Morgan fingerprint density at radius 3 is 2.80 bits per heavy atom. The zero-order valence-corrected chi connectivity index (χ0v) is 12.6. The first-order valence-corrected chi connectivity index (χ1v) is 7.45. The van der Waals surface area contributed by atoms with E-state index in [1.54, 1.807) is 0 Å². The molecule has 3 nitrogen and oxygen atoms in total. The second kappa shape index (κ2) is 7.25. The van der Waals surface area contributed by atoms with Crippen LogP contribution in [0.3, 0.4) is 0 Å². The number of benzene rings is 1. The predicted molar refractivity (Wildman–Crippen MR) is 84.1 cm³/mol. The fourth-order valence-electron chi connectivity index (χ4n) is 2.04. The lowest BCUT2D eigenvalue weighted by Crippen LogP contribution is -2.22. The summed E-state index contributed by atoms with van der Waals surface area (Å²) in [5.74, 6) is 0.949. The van der Waals surface area contributed by atoms with Crippen LogP contribution in [0, 0.1) is 0 Å². The first-order chi connectivity index (χ1) is 9.70. The molecule has 0 aliphatic carbocycles. The van der Waals surface area contributed by atoms with E-state index in [0.717, 1.165) is 48.3 Å². The van der Waals surface area contributed by atoms with Gasteiger partial charge in [-0.2, -0.15) is 0 Å². The number of rotatable bonds is 7. The van der Waals surface area contributed by atoms with E-state index in [1.807, 2.05) is 18.2 Å². The first-order valence-electron chi connectivity index (χ1n) is 7.45. The van der Waals surface area contributed by atoms with Crippen LogP contribution in [-0.2, 0) is 6.54 Å². The van der Waals surface area contributed by atoms with Gasteiger partial charge in [0, 0.05) is 24.0 Å². The molecule has 1 heterocycles. The molecule has 0 radical (unpaired) electrons. The van der Waals surface area contributed by atoms with Crippen molar-refractivity contribution in [1.29, 1.82) is 0 Å². The Bertz CT molecular complexity index is 552. The second-order valence-corrected chi connectivity index (χ2v) is 5.37. The van der Waals surface area contributed by atoms with Crippen LogP contribution < -0.4 is 10.1 Å². The monoisotopic (exact) mass is 272 g/mol. The first kappa shape index (κ1) is 14.8. The fraction of sp³-hybridized carbons (Fsp3) is 0.471. The highest BCUT2D eigenvalue weighted by Crippen LogP contribution is 2.25. The van der Waals surface area contributed by atoms with Gasteiger partial charge in [-0.25, -0.2) is 0 Å². The summed E-state index contributed by atoms with van der Waals surface area (Å²) in [7, 11) is 0. The molecule has 0 saturated heterocycles. The van der Waals surface area contributed by atoms with E-state index < -0.39 is 0 Å². The molecule has 0 spiro atoms. The number of para-hydroxylation sites is 1. The highest BCUT2D eigenvalue weighted by molar-refractivity contribution is 5.85. The molecule has 20 heavy (non-hydrogen) atoms. The number of ether oxygens (including phenoxy) is 1. The number of unbranched alkanes of at least 4 members (excludes halogenated alkanes) is 1. The van der Waals surface area contributed by atoms with Crippen molar-refractivity contribution >= 4 is 10.9 Å². The van der Waals surface area contributed by atoms with Gasteiger partial charge < -0.3 is 10.1 Å². The van der Waals surface area contributed by atoms with Gasteiger partial charge in [-0.1, -0.05) is 39.3 Å². The van der Waals surface area contributed by atoms with Gasteiger partial charge in [-0.15, -0.1) is 0 Å².